The van der Waals surface area contributed by atoms with Crippen molar-refractivity contribution in [2.24, 2.45) is 0 Å². The first kappa shape index (κ1) is 20.8. The Morgan fingerprint density at radius 3 is 2.68 bits per heavy atom. The molecule has 1 saturated carbocycles. The third kappa shape index (κ3) is 5.00. The third-order valence-electron chi connectivity index (χ3n) is 5.19. The van der Waals surface area contributed by atoms with Crippen molar-refractivity contribution in [1.82, 2.24) is 9.88 Å². The number of pyridine rings is 1. The van der Waals surface area contributed by atoms with E-state index in [1.807, 2.05) is 30.3 Å². The highest BCUT2D eigenvalue weighted by molar-refractivity contribution is 6.31. The van der Waals surface area contributed by atoms with Crippen LogP contribution in [-0.4, -0.2) is 26.8 Å². The lowest BCUT2D eigenvalue weighted by Gasteiger charge is -2.22. The summed E-state index contributed by atoms with van der Waals surface area (Å²) in [4.78, 5) is 30.3. The van der Waals surface area contributed by atoms with Gasteiger partial charge in [0.2, 0.25) is 0 Å². The first-order valence-electron chi connectivity index (χ1n) is 9.98. The fourth-order valence-electron chi connectivity index (χ4n) is 3.40. The Bertz CT molecular complexity index is 1100. The summed E-state index contributed by atoms with van der Waals surface area (Å²) >= 11 is 6.17. The van der Waals surface area contributed by atoms with Crippen LogP contribution in [0, 0.1) is 10.1 Å². The molecule has 0 unspecified atom stereocenters. The number of benzene rings is 2. The molecule has 2 aromatic carbocycles. The largest absolute Gasteiger partial charge is 0.375 e. The summed E-state index contributed by atoms with van der Waals surface area (Å²) in [6.07, 6.45) is 5.29. The molecule has 0 aliphatic heterocycles. The number of nitrogens with zero attached hydrogens (tertiary/aromatic N) is 3. The molecule has 1 fully saturated rings. The second-order valence-electron chi connectivity index (χ2n) is 7.46. The van der Waals surface area contributed by atoms with Crippen molar-refractivity contribution in [2.75, 3.05) is 5.32 Å². The molecule has 1 amide bonds. The van der Waals surface area contributed by atoms with Crippen molar-refractivity contribution in [2.45, 2.75) is 32.0 Å². The van der Waals surface area contributed by atoms with Crippen LogP contribution in [0.25, 0.3) is 0 Å². The van der Waals surface area contributed by atoms with Gasteiger partial charge in [0.15, 0.2) is 0 Å². The summed E-state index contributed by atoms with van der Waals surface area (Å²) < 4.78 is 0. The van der Waals surface area contributed by atoms with Crippen molar-refractivity contribution < 1.29 is 9.72 Å². The van der Waals surface area contributed by atoms with E-state index in [1.54, 1.807) is 35.5 Å². The number of nitro groups is 1. The van der Waals surface area contributed by atoms with Crippen LogP contribution in [0.3, 0.4) is 0 Å². The molecule has 158 valence electrons. The van der Waals surface area contributed by atoms with Gasteiger partial charge in [-0.1, -0.05) is 35.9 Å². The van der Waals surface area contributed by atoms with Crippen molar-refractivity contribution in [3.05, 3.63) is 98.8 Å². The van der Waals surface area contributed by atoms with Gasteiger partial charge in [-0.3, -0.25) is 19.9 Å². The number of nitrogens with one attached hydrogen (secondary N) is 1. The first-order chi connectivity index (χ1) is 15.0. The van der Waals surface area contributed by atoms with Gasteiger partial charge in [0.25, 0.3) is 11.6 Å². The maximum Gasteiger partial charge on any atom is 0.293 e. The summed E-state index contributed by atoms with van der Waals surface area (Å²) in [6, 6.07) is 15.8. The van der Waals surface area contributed by atoms with E-state index >= 15 is 0 Å². The molecule has 0 radical (unpaired) electrons. The van der Waals surface area contributed by atoms with Crippen molar-refractivity contribution in [3.8, 4) is 0 Å². The van der Waals surface area contributed by atoms with Gasteiger partial charge in [-0.25, -0.2) is 0 Å². The molecule has 3 aromatic rings. The van der Waals surface area contributed by atoms with E-state index in [4.69, 9.17) is 11.6 Å². The molecule has 7 nitrogen and oxygen atoms in total. The molecule has 1 aliphatic carbocycles. The predicted molar refractivity (Wildman–Crippen MR) is 119 cm³/mol. The summed E-state index contributed by atoms with van der Waals surface area (Å²) in [5.74, 6) is -0.216. The van der Waals surface area contributed by atoms with Crippen LogP contribution in [0.15, 0.2) is 67.0 Å². The van der Waals surface area contributed by atoms with E-state index in [0.29, 0.717) is 29.4 Å². The molecule has 0 saturated heterocycles. The van der Waals surface area contributed by atoms with Crippen LogP contribution in [0.4, 0.5) is 11.4 Å². The predicted octanol–water partition coefficient (Wildman–Crippen LogP) is 5.06. The molecule has 1 heterocycles. The minimum Gasteiger partial charge on any atom is -0.375 e. The number of carbonyl (C=O) groups excluding carboxylic acids is 1. The molecule has 4 rings (SSSR count). The standard InChI is InChI=1S/C23H21ClN4O3/c24-20-6-2-1-5-18(20)14-26-21-10-7-17(12-22(21)28(30)31)23(29)27(19-8-9-19)15-16-4-3-11-25-13-16/h1-7,10-13,19,26H,8-9,14-15H2. The lowest BCUT2D eigenvalue weighted by atomic mass is 10.1. The van der Waals surface area contributed by atoms with Gasteiger partial charge in [-0.05, 0) is 48.2 Å². The topological polar surface area (TPSA) is 88.4 Å². The van der Waals surface area contributed by atoms with Gasteiger partial charge in [0.1, 0.15) is 5.69 Å². The molecule has 8 heteroatoms. The van der Waals surface area contributed by atoms with E-state index in [-0.39, 0.29) is 17.6 Å². The highest BCUT2D eigenvalue weighted by Crippen LogP contribution is 2.32. The van der Waals surface area contributed by atoms with Crippen molar-refractivity contribution in [3.63, 3.8) is 0 Å². The Morgan fingerprint density at radius 2 is 2.00 bits per heavy atom. The number of rotatable bonds is 8. The second-order valence-corrected chi connectivity index (χ2v) is 7.87. The van der Waals surface area contributed by atoms with Gasteiger partial charge in [0.05, 0.1) is 4.92 Å². The molecule has 1 aromatic heterocycles. The van der Waals surface area contributed by atoms with Gasteiger partial charge in [-0.2, -0.15) is 0 Å². The van der Waals surface area contributed by atoms with Crippen LogP contribution in [0.1, 0.15) is 34.3 Å². The fourth-order valence-corrected chi connectivity index (χ4v) is 3.61. The molecule has 31 heavy (non-hydrogen) atoms. The number of hydrogen-bond donors (Lipinski definition) is 1. The van der Waals surface area contributed by atoms with E-state index in [1.165, 1.54) is 6.07 Å². The number of anilines is 1. The van der Waals surface area contributed by atoms with Crippen LogP contribution < -0.4 is 5.32 Å². The van der Waals surface area contributed by atoms with Crippen LogP contribution in [-0.2, 0) is 13.1 Å². The molecule has 0 atom stereocenters. The molecule has 0 bridgehead atoms. The monoisotopic (exact) mass is 436 g/mol. The van der Waals surface area contributed by atoms with Crippen LogP contribution in [0.2, 0.25) is 5.02 Å². The quantitative estimate of drug-likeness (QED) is 0.394. The zero-order valence-electron chi connectivity index (χ0n) is 16.7. The fraction of sp³-hybridized carbons (Fsp3) is 0.217. The minimum absolute atomic E-state index is 0.143. The highest BCUT2D eigenvalue weighted by Gasteiger charge is 2.33. The molecular formula is C23H21ClN4O3. The molecule has 0 spiro atoms. The number of amides is 1. The Labute approximate surface area is 184 Å². The highest BCUT2D eigenvalue weighted by atomic mass is 35.5. The van der Waals surface area contributed by atoms with Crippen LogP contribution >= 0.6 is 11.6 Å². The maximum absolute atomic E-state index is 13.2. The zero-order valence-corrected chi connectivity index (χ0v) is 17.5. The Hall–Kier alpha value is -3.45. The van der Waals surface area contributed by atoms with Gasteiger partial charge in [0, 0.05) is 48.2 Å². The minimum atomic E-state index is -0.478. The van der Waals surface area contributed by atoms with E-state index in [9.17, 15) is 14.9 Å². The lowest BCUT2D eigenvalue weighted by Crippen LogP contribution is -2.32. The summed E-state index contributed by atoms with van der Waals surface area (Å²) in [7, 11) is 0. The number of nitro benzene ring substituents is 1. The van der Waals surface area contributed by atoms with E-state index in [0.717, 1.165) is 24.0 Å². The van der Waals surface area contributed by atoms with Gasteiger partial charge in [-0.15, -0.1) is 0 Å². The summed E-state index contributed by atoms with van der Waals surface area (Å²) in [5.41, 5.74) is 2.25. The number of carbonyl (C=O) groups is 1. The maximum atomic E-state index is 13.2. The smallest absolute Gasteiger partial charge is 0.293 e. The average Bonchev–Trinajstić information content (AvgIpc) is 3.62. The van der Waals surface area contributed by atoms with Crippen molar-refractivity contribution in [1.29, 1.82) is 0 Å². The average molecular weight is 437 g/mol. The number of aromatic nitrogens is 1. The Kier molecular flexibility index (Phi) is 6.13. The zero-order chi connectivity index (χ0) is 21.8. The Balaban J connectivity index is 1.55. The van der Waals surface area contributed by atoms with Crippen molar-refractivity contribution >= 4 is 28.9 Å². The van der Waals surface area contributed by atoms with Crippen LogP contribution in [0.5, 0.6) is 0 Å². The third-order valence-corrected chi connectivity index (χ3v) is 5.56. The second kappa shape index (κ2) is 9.14. The summed E-state index contributed by atoms with van der Waals surface area (Å²) in [5, 5.41) is 15.3. The van der Waals surface area contributed by atoms with E-state index < -0.39 is 4.92 Å². The molecule has 1 aliphatic rings. The molecular weight excluding hydrogens is 416 g/mol. The SMILES string of the molecule is O=C(c1ccc(NCc2ccccc2Cl)c([N+](=O)[O-])c1)N(Cc1cccnc1)C1CC1. The van der Waals surface area contributed by atoms with Gasteiger partial charge >= 0.3 is 0 Å². The number of hydrogen-bond acceptors (Lipinski definition) is 5. The summed E-state index contributed by atoms with van der Waals surface area (Å²) in [6.45, 7) is 0.765. The Morgan fingerprint density at radius 1 is 1.19 bits per heavy atom. The van der Waals surface area contributed by atoms with E-state index in [2.05, 4.69) is 10.3 Å². The van der Waals surface area contributed by atoms with Gasteiger partial charge < -0.3 is 10.2 Å². The normalized spacial score (nSPS) is 12.9. The molecule has 1 N–H and O–H groups in total. The first-order valence-corrected chi connectivity index (χ1v) is 10.4. The number of halogens is 1. The lowest BCUT2D eigenvalue weighted by molar-refractivity contribution is -0.384.